The summed E-state index contributed by atoms with van der Waals surface area (Å²) in [6.45, 7) is 0.222. The van der Waals surface area contributed by atoms with E-state index in [4.69, 9.17) is 0 Å². The van der Waals surface area contributed by atoms with Crippen molar-refractivity contribution >= 4 is 38.6 Å². The average Bonchev–Trinajstić information content (AvgIpc) is 3.31. The van der Waals surface area contributed by atoms with Crippen LogP contribution in [-0.4, -0.2) is 96.3 Å². The van der Waals surface area contributed by atoms with Crippen molar-refractivity contribution in [2.45, 2.75) is 29.7 Å². The molecule has 17 heteroatoms. The molecule has 1 aliphatic heterocycles. The third-order valence-corrected chi connectivity index (χ3v) is 8.98. The molecule has 0 aromatic carbocycles. The Hall–Kier alpha value is -3.05. The number of halogens is 4. The number of amides is 2. The lowest BCUT2D eigenvalue weighted by Gasteiger charge is -2.37. The molecule has 38 heavy (non-hydrogen) atoms. The minimum absolute atomic E-state index is 0.0910. The molecule has 2 amide bonds. The molecule has 3 aromatic rings. The summed E-state index contributed by atoms with van der Waals surface area (Å²) in [5.74, 6) is -1.16. The van der Waals surface area contributed by atoms with Gasteiger partial charge in [-0.25, -0.2) is 31.1 Å². The maximum Gasteiger partial charge on any atom is 0.319 e. The topological polar surface area (TPSA) is 116 Å². The first-order chi connectivity index (χ1) is 17.9. The summed E-state index contributed by atoms with van der Waals surface area (Å²) in [6.07, 6.45) is -1.11. The quantitative estimate of drug-likeness (QED) is 0.430. The number of nitrogens with one attached hydrogen (secondary N) is 1. The second-order valence-corrected chi connectivity index (χ2v) is 12.1. The van der Waals surface area contributed by atoms with Gasteiger partial charge in [-0.2, -0.15) is 9.37 Å². The van der Waals surface area contributed by atoms with Crippen molar-refractivity contribution in [3.8, 4) is 10.8 Å². The van der Waals surface area contributed by atoms with E-state index in [0.29, 0.717) is 37.3 Å². The van der Waals surface area contributed by atoms with E-state index in [1.807, 2.05) is 0 Å². The van der Waals surface area contributed by atoms with Gasteiger partial charge in [-0.15, -0.1) is 10.2 Å². The molecule has 2 aliphatic rings. The fraction of sp³-hybridized carbons (Fsp3) is 0.524. The molecule has 0 spiro atoms. The SMILES string of the molecule is CN(C)C(=O)N1CCN(c2cc(S(=O)(=O)NC3(CF)CC3)cn3c(-c4nnc(C(F)F)s4)nc(F)c23)CC1. The van der Waals surface area contributed by atoms with Gasteiger partial charge in [-0.1, -0.05) is 11.3 Å². The van der Waals surface area contributed by atoms with Crippen LogP contribution in [0.1, 0.15) is 24.3 Å². The van der Waals surface area contributed by atoms with Crippen molar-refractivity contribution in [1.29, 1.82) is 0 Å². The van der Waals surface area contributed by atoms with Gasteiger partial charge in [0, 0.05) is 46.5 Å². The van der Waals surface area contributed by atoms with Gasteiger partial charge < -0.3 is 14.7 Å². The third kappa shape index (κ3) is 4.77. The Balaban J connectivity index is 1.61. The van der Waals surface area contributed by atoms with Gasteiger partial charge >= 0.3 is 6.03 Å². The van der Waals surface area contributed by atoms with E-state index in [9.17, 15) is 26.4 Å². The van der Waals surface area contributed by atoms with Crippen molar-refractivity contribution in [2.75, 3.05) is 51.8 Å². The number of carbonyl (C=O) groups excluding carboxylic acids is 1. The van der Waals surface area contributed by atoms with Gasteiger partial charge in [0.05, 0.1) is 11.2 Å². The molecule has 2 fully saturated rings. The zero-order valence-corrected chi connectivity index (χ0v) is 22.0. The maximum absolute atomic E-state index is 15.3. The molecule has 1 saturated carbocycles. The van der Waals surface area contributed by atoms with Gasteiger partial charge in [0.1, 0.15) is 17.1 Å². The molecule has 0 atom stereocenters. The van der Waals surface area contributed by atoms with E-state index in [1.54, 1.807) is 23.9 Å². The van der Waals surface area contributed by atoms with Crippen LogP contribution >= 0.6 is 11.3 Å². The Morgan fingerprint density at radius 2 is 1.89 bits per heavy atom. The van der Waals surface area contributed by atoms with Crippen LogP contribution in [0.15, 0.2) is 17.2 Å². The predicted octanol–water partition coefficient (Wildman–Crippen LogP) is 2.51. The molecule has 0 bridgehead atoms. The van der Waals surface area contributed by atoms with Crippen molar-refractivity contribution in [2.24, 2.45) is 0 Å². The summed E-state index contributed by atoms with van der Waals surface area (Å²) < 4.78 is 85.2. The first-order valence-electron chi connectivity index (χ1n) is 11.6. The highest BCUT2D eigenvalue weighted by Gasteiger charge is 2.46. The number of rotatable bonds is 7. The minimum Gasteiger partial charge on any atom is -0.366 e. The number of sulfonamides is 1. The number of aromatic nitrogens is 4. The van der Waals surface area contributed by atoms with Crippen LogP contribution in [0, 0.1) is 5.95 Å². The average molecular weight is 577 g/mol. The molecule has 3 aromatic heterocycles. The maximum atomic E-state index is 15.3. The number of hydrogen-bond acceptors (Lipinski definition) is 8. The van der Waals surface area contributed by atoms with Gasteiger partial charge in [0.25, 0.3) is 6.43 Å². The van der Waals surface area contributed by atoms with E-state index in [2.05, 4.69) is 19.9 Å². The molecule has 4 heterocycles. The number of urea groups is 1. The number of imidazole rings is 1. The normalized spacial score (nSPS) is 17.4. The number of alkyl halides is 3. The van der Waals surface area contributed by atoms with Crippen LogP contribution in [0.25, 0.3) is 16.3 Å². The number of piperazine rings is 1. The molecule has 5 rings (SSSR count). The number of carbonyl (C=O) groups is 1. The van der Waals surface area contributed by atoms with Crippen molar-refractivity contribution < 1.29 is 30.8 Å². The summed E-state index contributed by atoms with van der Waals surface area (Å²) in [7, 11) is -1.02. The number of anilines is 1. The molecule has 11 nitrogen and oxygen atoms in total. The van der Waals surface area contributed by atoms with Crippen LogP contribution in [0.3, 0.4) is 0 Å². The van der Waals surface area contributed by atoms with Crippen LogP contribution in [0.5, 0.6) is 0 Å². The third-order valence-electron chi connectivity index (χ3n) is 6.51. The van der Waals surface area contributed by atoms with Crippen molar-refractivity contribution in [3.05, 3.63) is 23.2 Å². The van der Waals surface area contributed by atoms with E-state index < -0.39 is 39.6 Å². The number of nitrogens with zero attached hydrogens (tertiary/aromatic N) is 7. The Labute approximate surface area is 219 Å². The van der Waals surface area contributed by atoms with Crippen LogP contribution < -0.4 is 9.62 Å². The molecule has 1 saturated heterocycles. The summed E-state index contributed by atoms with van der Waals surface area (Å²) in [4.78, 5) is 20.7. The Morgan fingerprint density at radius 1 is 1.21 bits per heavy atom. The molecule has 1 aliphatic carbocycles. The molecular formula is C21H24F4N8O3S2. The summed E-state index contributed by atoms with van der Waals surface area (Å²) in [5, 5.41) is 6.39. The van der Waals surface area contributed by atoms with Gasteiger partial charge in [-0.05, 0) is 18.9 Å². The van der Waals surface area contributed by atoms with Crippen LogP contribution in [-0.2, 0) is 10.0 Å². The Morgan fingerprint density at radius 3 is 2.45 bits per heavy atom. The lowest BCUT2D eigenvalue weighted by atomic mass is 10.2. The fourth-order valence-corrected chi connectivity index (χ4v) is 6.40. The van der Waals surface area contributed by atoms with E-state index in [-0.39, 0.29) is 46.1 Å². The first-order valence-corrected chi connectivity index (χ1v) is 13.9. The minimum atomic E-state index is -4.27. The van der Waals surface area contributed by atoms with Crippen LogP contribution in [0.4, 0.5) is 28.0 Å². The largest absolute Gasteiger partial charge is 0.366 e. The van der Waals surface area contributed by atoms with Gasteiger partial charge in [0.2, 0.25) is 16.0 Å². The summed E-state index contributed by atoms with van der Waals surface area (Å²) in [5.41, 5.74) is -1.10. The molecular weight excluding hydrogens is 552 g/mol. The summed E-state index contributed by atoms with van der Waals surface area (Å²) in [6, 6.07) is 1.08. The van der Waals surface area contributed by atoms with Gasteiger partial charge in [0.15, 0.2) is 15.8 Å². The second-order valence-electron chi connectivity index (χ2n) is 9.42. The smallest absolute Gasteiger partial charge is 0.319 e. The van der Waals surface area contributed by atoms with E-state index in [1.165, 1.54) is 11.0 Å². The second kappa shape index (κ2) is 9.60. The predicted molar refractivity (Wildman–Crippen MR) is 130 cm³/mol. The standard InChI is InChI=1S/C21H24F4N8O3S2/c1-30(2)20(34)32-7-5-31(6-8-32)13-9-12(38(35,36)29-21(11-22)3-4-21)10-33-14(13)16(25)26-17(33)19-28-27-18(37-19)15(23)24/h9-10,15,29H,3-8,11H2,1-2H3. The molecule has 0 radical (unpaired) electrons. The van der Waals surface area contributed by atoms with Gasteiger partial charge in [-0.3, -0.25) is 4.40 Å². The lowest BCUT2D eigenvalue weighted by molar-refractivity contribution is 0.150. The molecule has 206 valence electrons. The number of pyridine rings is 1. The highest BCUT2D eigenvalue weighted by molar-refractivity contribution is 7.89. The van der Waals surface area contributed by atoms with E-state index in [0.717, 1.165) is 10.6 Å². The Kier molecular flexibility index (Phi) is 6.71. The van der Waals surface area contributed by atoms with Crippen molar-refractivity contribution in [3.63, 3.8) is 0 Å². The van der Waals surface area contributed by atoms with Crippen molar-refractivity contribution in [1.82, 2.24) is 34.1 Å². The number of hydrogen-bond donors (Lipinski definition) is 1. The van der Waals surface area contributed by atoms with E-state index >= 15 is 4.39 Å². The zero-order chi connectivity index (χ0) is 27.4. The Bertz CT molecular complexity index is 1480. The molecule has 1 N–H and O–H groups in total. The van der Waals surface area contributed by atoms with Crippen LogP contribution in [0.2, 0.25) is 0 Å². The highest BCUT2D eigenvalue weighted by atomic mass is 32.2. The highest BCUT2D eigenvalue weighted by Crippen LogP contribution is 2.39. The summed E-state index contributed by atoms with van der Waals surface area (Å²) >= 11 is 0.508. The lowest BCUT2D eigenvalue weighted by Crippen LogP contribution is -2.51. The molecule has 0 unspecified atom stereocenters. The monoisotopic (exact) mass is 576 g/mol. The fourth-order valence-electron chi connectivity index (χ4n) is 4.26. The number of fused-ring (bicyclic) bond motifs is 1. The zero-order valence-electron chi connectivity index (χ0n) is 20.4. The first kappa shape index (κ1) is 26.6.